The Bertz CT molecular complexity index is 603. The Kier molecular flexibility index (Phi) is 13.4. The van der Waals surface area contributed by atoms with E-state index in [0.717, 1.165) is 37.5 Å². The molecule has 8 heteroatoms. The Balaban J connectivity index is 0.00000729. The van der Waals surface area contributed by atoms with Crippen LogP contribution >= 0.6 is 24.0 Å². The van der Waals surface area contributed by atoms with Gasteiger partial charge in [-0.1, -0.05) is 12.1 Å². The quantitative estimate of drug-likeness (QED) is 0.207. The van der Waals surface area contributed by atoms with Gasteiger partial charge in [-0.25, -0.2) is 4.79 Å². The van der Waals surface area contributed by atoms with E-state index in [1.807, 2.05) is 32.9 Å². The van der Waals surface area contributed by atoms with Gasteiger partial charge in [-0.2, -0.15) is 0 Å². The number of carbonyl (C=O) groups excluding carboxylic acids is 1. The first kappa shape index (κ1) is 26.3. The number of rotatable bonds is 9. The topological polar surface area (TPSA) is 84.0 Å². The van der Waals surface area contributed by atoms with Crippen LogP contribution in [0.2, 0.25) is 0 Å². The van der Waals surface area contributed by atoms with Gasteiger partial charge in [0.1, 0.15) is 11.4 Å². The van der Waals surface area contributed by atoms with Crippen molar-refractivity contribution < 1.29 is 14.3 Å². The number of ether oxygens (including phenoxy) is 2. The fraction of sp³-hybridized carbons (Fsp3) is 0.600. The number of guanidine groups is 1. The SMILES string of the molecule is CN=C(NCCCNC(=O)OC(C)(C)C)NCCCc1cccc(OC)c1.I. The van der Waals surface area contributed by atoms with Gasteiger partial charge in [-0.05, 0) is 57.7 Å². The summed E-state index contributed by atoms with van der Waals surface area (Å²) in [6.07, 6.45) is 2.36. The van der Waals surface area contributed by atoms with Crippen LogP contribution in [0, 0.1) is 0 Å². The summed E-state index contributed by atoms with van der Waals surface area (Å²) in [5.74, 6) is 1.65. The first-order valence-electron chi connectivity index (χ1n) is 9.38. The van der Waals surface area contributed by atoms with Crippen molar-refractivity contribution in [3.05, 3.63) is 29.8 Å². The molecule has 0 bridgehead atoms. The molecule has 0 spiro atoms. The third kappa shape index (κ3) is 12.6. The summed E-state index contributed by atoms with van der Waals surface area (Å²) >= 11 is 0. The number of benzene rings is 1. The average Bonchev–Trinajstić information content (AvgIpc) is 2.61. The smallest absolute Gasteiger partial charge is 0.407 e. The van der Waals surface area contributed by atoms with Gasteiger partial charge in [0.05, 0.1) is 7.11 Å². The lowest BCUT2D eigenvalue weighted by molar-refractivity contribution is 0.0527. The lowest BCUT2D eigenvalue weighted by atomic mass is 10.1. The molecular formula is C20H35IN4O3. The molecule has 160 valence electrons. The molecule has 7 nitrogen and oxygen atoms in total. The Hall–Kier alpha value is -1.71. The number of methoxy groups -OCH3 is 1. The molecule has 0 aromatic heterocycles. The summed E-state index contributed by atoms with van der Waals surface area (Å²) in [7, 11) is 3.43. The van der Waals surface area contributed by atoms with Crippen LogP contribution in [0.3, 0.4) is 0 Å². The van der Waals surface area contributed by atoms with Gasteiger partial charge in [0.15, 0.2) is 5.96 Å². The maximum atomic E-state index is 11.5. The fourth-order valence-corrected chi connectivity index (χ4v) is 2.35. The van der Waals surface area contributed by atoms with Crippen LogP contribution in [0.25, 0.3) is 0 Å². The van der Waals surface area contributed by atoms with Crippen LogP contribution in [-0.2, 0) is 11.2 Å². The second-order valence-electron chi connectivity index (χ2n) is 7.16. The number of alkyl carbamates (subject to hydrolysis) is 1. The Labute approximate surface area is 186 Å². The lowest BCUT2D eigenvalue weighted by Gasteiger charge is -2.19. The highest BCUT2D eigenvalue weighted by molar-refractivity contribution is 14.0. The molecule has 1 aromatic carbocycles. The monoisotopic (exact) mass is 506 g/mol. The van der Waals surface area contributed by atoms with Crippen LogP contribution in [0.15, 0.2) is 29.3 Å². The molecule has 1 aromatic rings. The van der Waals surface area contributed by atoms with E-state index in [2.05, 4.69) is 33.1 Å². The lowest BCUT2D eigenvalue weighted by Crippen LogP contribution is -2.39. The van der Waals surface area contributed by atoms with Crippen molar-refractivity contribution in [3.63, 3.8) is 0 Å². The third-order valence-corrected chi connectivity index (χ3v) is 3.61. The molecule has 0 radical (unpaired) electrons. The first-order chi connectivity index (χ1) is 12.8. The molecule has 0 aliphatic rings. The molecule has 0 fully saturated rings. The maximum Gasteiger partial charge on any atom is 0.407 e. The Morgan fingerprint density at radius 2 is 1.71 bits per heavy atom. The molecule has 0 heterocycles. The Morgan fingerprint density at radius 3 is 2.32 bits per heavy atom. The molecule has 0 saturated carbocycles. The summed E-state index contributed by atoms with van der Waals surface area (Å²) in [6.45, 7) is 7.63. The highest BCUT2D eigenvalue weighted by atomic mass is 127. The number of amides is 1. The first-order valence-corrected chi connectivity index (χ1v) is 9.38. The summed E-state index contributed by atoms with van der Waals surface area (Å²) in [5, 5.41) is 9.27. The molecular weight excluding hydrogens is 471 g/mol. The van der Waals surface area contributed by atoms with Gasteiger partial charge in [-0.3, -0.25) is 4.99 Å². The zero-order chi connectivity index (χ0) is 20.1. The third-order valence-electron chi connectivity index (χ3n) is 3.61. The van der Waals surface area contributed by atoms with Gasteiger partial charge >= 0.3 is 6.09 Å². The molecule has 0 saturated heterocycles. The van der Waals surface area contributed by atoms with Crippen molar-refractivity contribution in [2.24, 2.45) is 4.99 Å². The van der Waals surface area contributed by atoms with E-state index in [9.17, 15) is 4.79 Å². The van der Waals surface area contributed by atoms with Crippen molar-refractivity contribution in [1.82, 2.24) is 16.0 Å². The average molecular weight is 506 g/mol. The number of halogens is 1. The largest absolute Gasteiger partial charge is 0.497 e. The zero-order valence-corrected chi connectivity index (χ0v) is 20.0. The van der Waals surface area contributed by atoms with E-state index < -0.39 is 5.60 Å². The van der Waals surface area contributed by atoms with Crippen molar-refractivity contribution >= 4 is 36.0 Å². The molecule has 3 N–H and O–H groups in total. The number of carbonyl (C=O) groups is 1. The van der Waals surface area contributed by atoms with Crippen LogP contribution in [0.1, 0.15) is 39.2 Å². The predicted octanol–water partition coefficient (Wildman–Crippen LogP) is 3.33. The molecule has 28 heavy (non-hydrogen) atoms. The summed E-state index contributed by atoms with van der Waals surface area (Å²) in [5.41, 5.74) is 0.784. The van der Waals surface area contributed by atoms with E-state index in [1.54, 1.807) is 14.2 Å². The van der Waals surface area contributed by atoms with Gasteiger partial charge in [0.25, 0.3) is 0 Å². The normalized spacial score (nSPS) is 11.2. The van der Waals surface area contributed by atoms with E-state index in [4.69, 9.17) is 9.47 Å². The number of hydrogen-bond donors (Lipinski definition) is 3. The predicted molar refractivity (Wildman–Crippen MR) is 125 cm³/mol. The van der Waals surface area contributed by atoms with E-state index in [-0.39, 0.29) is 30.1 Å². The molecule has 0 aliphatic heterocycles. The van der Waals surface area contributed by atoms with Crippen molar-refractivity contribution in [3.8, 4) is 5.75 Å². The summed E-state index contributed by atoms with van der Waals surface area (Å²) in [6, 6.07) is 8.12. The van der Waals surface area contributed by atoms with Crippen LogP contribution in [-0.4, -0.2) is 51.4 Å². The number of nitrogens with one attached hydrogen (secondary N) is 3. The molecule has 1 rings (SSSR count). The van der Waals surface area contributed by atoms with Crippen LogP contribution in [0.5, 0.6) is 5.75 Å². The minimum Gasteiger partial charge on any atom is -0.497 e. The minimum absolute atomic E-state index is 0. The van der Waals surface area contributed by atoms with Crippen LogP contribution in [0.4, 0.5) is 4.79 Å². The summed E-state index contributed by atoms with van der Waals surface area (Å²) < 4.78 is 10.4. The second kappa shape index (κ2) is 14.3. The molecule has 0 unspecified atom stereocenters. The van der Waals surface area contributed by atoms with E-state index >= 15 is 0 Å². The number of hydrogen-bond acceptors (Lipinski definition) is 4. The van der Waals surface area contributed by atoms with Crippen LogP contribution < -0.4 is 20.7 Å². The van der Waals surface area contributed by atoms with Gasteiger partial charge in [0, 0.05) is 26.7 Å². The fourth-order valence-electron chi connectivity index (χ4n) is 2.35. The number of aryl methyl sites for hydroxylation is 1. The Morgan fingerprint density at radius 1 is 1.07 bits per heavy atom. The number of aliphatic imine (C=N–C) groups is 1. The van der Waals surface area contributed by atoms with Gasteiger partial charge in [0.2, 0.25) is 0 Å². The van der Waals surface area contributed by atoms with E-state index in [0.29, 0.717) is 13.1 Å². The summed E-state index contributed by atoms with van der Waals surface area (Å²) in [4.78, 5) is 15.7. The van der Waals surface area contributed by atoms with E-state index in [1.165, 1.54) is 5.56 Å². The maximum absolute atomic E-state index is 11.5. The van der Waals surface area contributed by atoms with Gasteiger partial charge < -0.3 is 25.4 Å². The molecule has 0 aliphatic carbocycles. The zero-order valence-electron chi connectivity index (χ0n) is 17.6. The highest BCUT2D eigenvalue weighted by Gasteiger charge is 2.15. The molecule has 0 atom stereocenters. The van der Waals surface area contributed by atoms with Gasteiger partial charge in [-0.15, -0.1) is 24.0 Å². The standard InChI is InChI=1S/C20H34N4O3.HI/c1-20(2,3)27-19(25)24-14-8-13-23-18(21-4)22-12-7-10-16-9-6-11-17(15-16)26-5;/h6,9,11,15H,7-8,10,12-14H2,1-5H3,(H,24,25)(H2,21,22,23);1H. The second-order valence-corrected chi connectivity index (χ2v) is 7.16. The van der Waals surface area contributed by atoms with Crippen molar-refractivity contribution in [2.45, 2.75) is 45.6 Å². The van der Waals surface area contributed by atoms with Crippen molar-refractivity contribution in [2.75, 3.05) is 33.8 Å². The number of nitrogens with zero attached hydrogens (tertiary/aromatic N) is 1. The minimum atomic E-state index is -0.473. The highest BCUT2D eigenvalue weighted by Crippen LogP contribution is 2.13. The molecule has 1 amide bonds. The van der Waals surface area contributed by atoms with Crippen molar-refractivity contribution in [1.29, 1.82) is 0 Å².